The number of amides is 1. The molecule has 1 spiro atoms. The maximum atomic E-state index is 13.3. The number of rotatable bonds is 5. The zero-order chi connectivity index (χ0) is 18.0. The molecular weight excluding hydrogens is 320 g/mol. The average Bonchev–Trinajstić information content (AvgIpc) is 2.96. The van der Waals surface area contributed by atoms with Crippen molar-refractivity contribution in [3.63, 3.8) is 0 Å². The van der Waals surface area contributed by atoms with Crippen molar-refractivity contribution in [3.8, 4) is 0 Å². The predicted octanol–water partition coefficient (Wildman–Crippen LogP) is 4.46. The van der Waals surface area contributed by atoms with E-state index in [2.05, 4.69) is 59.2 Å². The van der Waals surface area contributed by atoms with Crippen LogP contribution < -0.4 is 10.6 Å². The van der Waals surface area contributed by atoms with Crippen molar-refractivity contribution in [2.24, 2.45) is 5.92 Å². The summed E-state index contributed by atoms with van der Waals surface area (Å²) in [5.41, 5.74) is 3.24. The Bertz CT molecular complexity index is 773. The highest BCUT2D eigenvalue weighted by Gasteiger charge is 2.54. The van der Waals surface area contributed by atoms with E-state index in [4.69, 9.17) is 0 Å². The molecule has 2 aromatic carbocycles. The number of carbonyl (C=O) groups excluding carboxylic acids is 1. The van der Waals surface area contributed by atoms with Crippen LogP contribution in [0.5, 0.6) is 0 Å². The van der Waals surface area contributed by atoms with Crippen molar-refractivity contribution in [1.29, 1.82) is 0 Å². The Morgan fingerprint density at radius 1 is 1.12 bits per heavy atom. The van der Waals surface area contributed by atoms with Gasteiger partial charge in [-0.25, -0.2) is 0 Å². The highest BCUT2D eigenvalue weighted by molar-refractivity contribution is 6.06. The number of fused-ring (bicyclic) bond motifs is 2. The lowest BCUT2D eigenvalue weighted by Crippen LogP contribution is -2.46. The van der Waals surface area contributed by atoms with Crippen LogP contribution in [0.3, 0.4) is 0 Å². The number of para-hydroxylation sites is 1. The van der Waals surface area contributed by atoms with E-state index in [9.17, 15) is 4.79 Å². The van der Waals surface area contributed by atoms with Crippen LogP contribution in [0.15, 0.2) is 54.6 Å². The first kappa shape index (κ1) is 17.3. The van der Waals surface area contributed by atoms with E-state index in [0.717, 1.165) is 37.9 Å². The van der Waals surface area contributed by atoms with Gasteiger partial charge in [0.1, 0.15) is 0 Å². The second-order valence-electron chi connectivity index (χ2n) is 7.73. The van der Waals surface area contributed by atoms with Gasteiger partial charge in [0.2, 0.25) is 5.91 Å². The summed E-state index contributed by atoms with van der Waals surface area (Å²) >= 11 is 0. The molecule has 0 aromatic heterocycles. The molecule has 2 aromatic rings. The van der Waals surface area contributed by atoms with Gasteiger partial charge in [-0.3, -0.25) is 4.79 Å². The van der Waals surface area contributed by atoms with Crippen molar-refractivity contribution >= 4 is 11.6 Å². The van der Waals surface area contributed by atoms with E-state index in [1.165, 1.54) is 17.5 Å². The summed E-state index contributed by atoms with van der Waals surface area (Å²) in [6.45, 7) is 0.968. The second-order valence-corrected chi connectivity index (χ2v) is 7.73. The summed E-state index contributed by atoms with van der Waals surface area (Å²) in [4.78, 5) is 13.3. The van der Waals surface area contributed by atoms with Gasteiger partial charge in [-0.2, -0.15) is 0 Å². The Balaban J connectivity index is 1.80. The first-order valence-corrected chi connectivity index (χ1v) is 9.88. The van der Waals surface area contributed by atoms with Crippen LogP contribution in [-0.2, 0) is 10.2 Å². The Morgan fingerprint density at radius 3 is 2.69 bits per heavy atom. The molecule has 4 rings (SSSR count). The fraction of sp³-hybridized carbons (Fsp3) is 0.435. The van der Waals surface area contributed by atoms with Crippen LogP contribution >= 0.6 is 0 Å². The smallest absolute Gasteiger partial charge is 0.235 e. The summed E-state index contributed by atoms with van der Waals surface area (Å²) in [6.07, 6.45) is 5.48. The maximum Gasteiger partial charge on any atom is 0.235 e. The van der Waals surface area contributed by atoms with Gasteiger partial charge in [-0.05, 0) is 61.9 Å². The lowest BCUT2D eigenvalue weighted by atomic mass is 9.57. The lowest BCUT2D eigenvalue weighted by molar-refractivity contribution is -0.124. The summed E-state index contributed by atoms with van der Waals surface area (Å²) in [6, 6.07) is 19.1. The molecule has 136 valence electrons. The number of benzene rings is 2. The van der Waals surface area contributed by atoms with Gasteiger partial charge in [0, 0.05) is 5.69 Å². The average molecular weight is 348 g/mol. The maximum absolute atomic E-state index is 13.3. The van der Waals surface area contributed by atoms with E-state index < -0.39 is 0 Å². The van der Waals surface area contributed by atoms with E-state index in [-0.39, 0.29) is 11.3 Å². The molecule has 1 fully saturated rings. The first-order chi connectivity index (χ1) is 12.8. The summed E-state index contributed by atoms with van der Waals surface area (Å²) in [7, 11) is 2.01. The third kappa shape index (κ3) is 2.75. The third-order valence-electron chi connectivity index (χ3n) is 6.45. The van der Waals surface area contributed by atoms with E-state index in [1.807, 2.05) is 13.1 Å². The fourth-order valence-electron chi connectivity index (χ4n) is 5.30. The van der Waals surface area contributed by atoms with Crippen LogP contribution in [0.1, 0.15) is 49.1 Å². The van der Waals surface area contributed by atoms with Gasteiger partial charge < -0.3 is 10.6 Å². The van der Waals surface area contributed by atoms with Crippen molar-refractivity contribution in [2.75, 3.05) is 18.9 Å². The summed E-state index contributed by atoms with van der Waals surface area (Å²) in [5, 5.41) is 6.51. The predicted molar refractivity (Wildman–Crippen MR) is 106 cm³/mol. The first-order valence-electron chi connectivity index (χ1n) is 9.88. The molecule has 3 nitrogen and oxygen atoms in total. The normalized spacial score (nSPS) is 25.7. The molecular formula is C23H28N2O. The van der Waals surface area contributed by atoms with Gasteiger partial charge in [0.05, 0.1) is 5.41 Å². The second kappa shape index (κ2) is 7.24. The number of hydrogen-bond donors (Lipinski definition) is 2. The Morgan fingerprint density at radius 2 is 1.88 bits per heavy atom. The molecule has 0 saturated heterocycles. The minimum Gasteiger partial charge on any atom is -0.325 e. The molecule has 3 atom stereocenters. The minimum absolute atomic E-state index is 0.216. The van der Waals surface area contributed by atoms with Crippen LogP contribution in [0.4, 0.5) is 5.69 Å². The minimum atomic E-state index is -0.372. The number of nitrogens with one attached hydrogen (secondary N) is 2. The van der Waals surface area contributed by atoms with Gasteiger partial charge in [-0.1, -0.05) is 61.4 Å². The molecule has 0 radical (unpaired) electrons. The van der Waals surface area contributed by atoms with Crippen molar-refractivity contribution < 1.29 is 4.79 Å². The van der Waals surface area contributed by atoms with Crippen molar-refractivity contribution in [1.82, 2.24) is 5.32 Å². The Hall–Kier alpha value is -2.13. The van der Waals surface area contributed by atoms with Crippen LogP contribution in [0.2, 0.25) is 0 Å². The molecule has 1 amide bonds. The van der Waals surface area contributed by atoms with E-state index in [0.29, 0.717) is 11.8 Å². The molecule has 1 heterocycles. The van der Waals surface area contributed by atoms with Gasteiger partial charge in [0.25, 0.3) is 0 Å². The van der Waals surface area contributed by atoms with Crippen LogP contribution in [-0.4, -0.2) is 19.5 Å². The Kier molecular flexibility index (Phi) is 4.82. The standard InChI is InChI=1S/C23H28N2O/c1-24-16-14-18(17-9-3-2-4-10-17)19-11-7-8-15-23(19)20-12-5-6-13-21(20)25-22(23)26/h2-6,9-10,12-13,18-19,24H,7-8,11,14-16H2,1H3,(H,25,26)/t18-,19?,23?/m0/s1. The molecule has 3 heteroatoms. The number of carbonyl (C=O) groups is 1. The van der Waals surface area contributed by atoms with Crippen LogP contribution in [0, 0.1) is 5.92 Å². The molecule has 2 unspecified atom stereocenters. The molecule has 2 aliphatic rings. The largest absolute Gasteiger partial charge is 0.325 e. The van der Waals surface area contributed by atoms with E-state index in [1.54, 1.807) is 0 Å². The number of hydrogen-bond acceptors (Lipinski definition) is 2. The molecule has 2 N–H and O–H groups in total. The fourth-order valence-corrected chi connectivity index (χ4v) is 5.30. The summed E-state index contributed by atoms with van der Waals surface area (Å²) in [5.74, 6) is 0.949. The monoisotopic (exact) mass is 348 g/mol. The number of anilines is 1. The summed E-state index contributed by atoms with van der Waals surface area (Å²) < 4.78 is 0. The van der Waals surface area contributed by atoms with Crippen molar-refractivity contribution in [3.05, 3.63) is 65.7 Å². The molecule has 1 aliphatic carbocycles. The SMILES string of the molecule is CNCC[C@@H](c1ccccc1)C1CCCCC12C(=O)Nc1ccccc12. The molecule has 1 aliphatic heterocycles. The molecule has 26 heavy (non-hydrogen) atoms. The van der Waals surface area contributed by atoms with Crippen LogP contribution in [0.25, 0.3) is 0 Å². The van der Waals surface area contributed by atoms with Gasteiger partial charge in [-0.15, -0.1) is 0 Å². The van der Waals surface area contributed by atoms with Gasteiger partial charge >= 0.3 is 0 Å². The Labute approximate surface area is 156 Å². The lowest BCUT2D eigenvalue weighted by Gasteiger charge is -2.44. The molecule has 1 saturated carbocycles. The highest BCUT2D eigenvalue weighted by Crippen LogP contribution is 2.55. The quantitative estimate of drug-likeness (QED) is 0.837. The molecule has 0 bridgehead atoms. The van der Waals surface area contributed by atoms with Gasteiger partial charge in [0.15, 0.2) is 0 Å². The third-order valence-corrected chi connectivity index (χ3v) is 6.45. The highest BCUT2D eigenvalue weighted by atomic mass is 16.2. The topological polar surface area (TPSA) is 41.1 Å². The zero-order valence-electron chi connectivity index (χ0n) is 15.5. The van der Waals surface area contributed by atoms with E-state index >= 15 is 0 Å². The zero-order valence-corrected chi connectivity index (χ0v) is 15.5. The van der Waals surface area contributed by atoms with Crippen molar-refractivity contribution in [2.45, 2.75) is 43.4 Å².